The molecule has 1 N–H and O–H groups in total. The second-order valence-electron chi connectivity index (χ2n) is 8.68. The van der Waals surface area contributed by atoms with Crippen molar-refractivity contribution < 1.29 is 4.79 Å². The molecular formula is C29H29N5O. The van der Waals surface area contributed by atoms with Crippen LogP contribution in [0.5, 0.6) is 0 Å². The van der Waals surface area contributed by atoms with Crippen molar-refractivity contribution in [3.05, 3.63) is 103 Å². The van der Waals surface area contributed by atoms with Crippen molar-refractivity contribution in [2.45, 2.75) is 6.54 Å². The first kappa shape index (κ1) is 22.7. The quantitative estimate of drug-likeness (QED) is 0.444. The average Bonchev–Trinajstić information content (AvgIpc) is 2.94. The molecule has 0 unspecified atom stereocenters. The molecule has 5 rings (SSSR count). The number of benzene rings is 3. The Kier molecular flexibility index (Phi) is 7.10. The van der Waals surface area contributed by atoms with Crippen molar-refractivity contribution in [2.24, 2.45) is 0 Å². The molecule has 0 bridgehead atoms. The van der Waals surface area contributed by atoms with Crippen LogP contribution in [0, 0.1) is 0 Å². The van der Waals surface area contributed by atoms with Crippen molar-refractivity contribution in [1.29, 1.82) is 0 Å². The summed E-state index contributed by atoms with van der Waals surface area (Å²) in [5.74, 6) is 0.991. The summed E-state index contributed by atoms with van der Waals surface area (Å²) in [6.07, 6.45) is 0. The molecule has 1 amide bonds. The summed E-state index contributed by atoms with van der Waals surface area (Å²) in [5, 5.41) is 12.2. The molecule has 35 heavy (non-hydrogen) atoms. The number of carbonyl (C=O) groups excluding carboxylic acids is 1. The van der Waals surface area contributed by atoms with E-state index in [1.54, 1.807) is 0 Å². The van der Waals surface area contributed by atoms with Gasteiger partial charge >= 0.3 is 0 Å². The Hall–Kier alpha value is -4.03. The first-order valence-corrected chi connectivity index (χ1v) is 12.0. The number of nitrogens with one attached hydrogen (secondary N) is 1. The highest BCUT2D eigenvalue weighted by Gasteiger charge is 2.22. The molecule has 0 atom stereocenters. The third-order valence-corrected chi connectivity index (χ3v) is 6.34. The first-order chi connectivity index (χ1) is 17.3. The molecule has 6 nitrogen and oxygen atoms in total. The molecule has 1 aliphatic heterocycles. The van der Waals surface area contributed by atoms with Gasteiger partial charge in [0, 0.05) is 38.3 Å². The molecule has 2 heterocycles. The molecule has 4 aromatic rings. The molecule has 0 spiro atoms. The predicted molar refractivity (Wildman–Crippen MR) is 140 cm³/mol. The van der Waals surface area contributed by atoms with Gasteiger partial charge < -0.3 is 15.1 Å². The summed E-state index contributed by atoms with van der Waals surface area (Å²) in [6, 6.07) is 32.9. The molecular weight excluding hydrogens is 434 g/mol. The second kappa shape index (κ2) is 10.9. The molecule has 1 fully saturated rings. The Morgan fingerprint density at radius 2 is 1.31 bits per heavy atom. The van der Waals surface area contributed by atoms with E-state index >= 15 is 0 Å². The number of aromatic nitrogens is 2. The molecule has 1 saturated heterocycles. The monoisotopic (exact) mass is 463 g/mol. The molecule has 6 heteroatoms. The summed E-state index contributed by atoms with van der Waals surface area (Å²) < 4.78 is 0. The Morgan fingerprint density at radius 1 is 0.686 bits per heavy atom. The van der Waals surface area contributed by atoms with Crippen LogP contribution in [0.1, 0.15) is 5.56 Å². The zero-order chi connectivity index (χ0) is 23.9. The normalized spacial score (nSPS) is 13.6. The van der Waals surface area contributed by atoms with Gasteiger partial charge in [0.05, 0.1) is 12.2 Å². The van der Waals surface area contributed by atoms with Gasteiger partial charge in [0.2, 0.25) is 5.91 Å². The van der Waals surface area contributed by atoms with Crippen LogP contribution in [0.25, 0.3) is 22.4 Å². The highest BCUT2D eigenvalue weighted by molar-refractivity contribution is 5.78. The lowest BCUT2D eigenvalue weighted by atomic mass is 10.0. The Balaban J connectivity index is 1.12. The molecule has 0 aliphatic carbocycles. The number of nitrogens with zero attached hydrogens (tertiary/aromatic N) is 4. The number of piperazine rings is 1. The number of anilines is 1. The van der Waals surface area contributed by atoms with E-state index in [-0.39, 0.29) is 5.91 Å². The number of hydrogen-bond donors (Lipinski definition) is 1. The number of hydrogen-bond acceptors (Lipinski definition) is 5. The molecule has 3 aromatic carbocycles. The minimum absolute atomic E-state index is 0.140. The van der Waals surface area contributed by atoms with Gasteiger partial charge in [0.25, 0.3) is 0 Å². The van der Waals surface area contributed by atoms with E-state index in [1.807, 2.05) is 53.4 Å². The van der Waals surface area contributed by atoms with Crippen LogP contribution in [-0.4, -0.2) is 53.7 Å². The van der Waals surface area contributed by atoms with Crippen molar-refractivity contribution in [3.63, 3.8) is 0 Å². The van der Waals surface area contributed by atoms with E-state index in [4.69, 9.17) is 0 Å². The highest BCUT2D eigenvalue weighted by Crippen LogP contribution is 2.24. The summed E-state index contributed by atoms with van der Waals surface area (Å²) in [4.78, 5) is 16.7. The van der Waals surface area contributed by atoms with E-state index in [2.05, 4.69) is 68.9 Å². The lowest BCUT2D eigenvalue weighted by Gasteiger charge is -2.35. The molecule has 0 saturated carbocycles. The van der Waals surface area contributed by atoms with Gasteiger partial charge in [0.1, 0.15) is 0 Å². The Labute approximate surface area is 206 Å². The van der Waals surface area contributed by atoms with E-state index in [0.717, 1.165) is 30.2 Å². The molecule has 1 aromatic heterocycles. The average molecular weight is 464 g/mol. The van der Waals surface area contributed by atoms with Gasteiger partial charge in [-0.2, -0.15) is 0 Å². The number of carbonyl (C=O) groups is 1. The van der Waals surface area contributed by atoms with Gasteiger partial charge in [0.15, 0.2) is 5.82 Å². The summed E-state index contributed by atoms with van der Waals surface area (Å²) >= 11 is 0. The van der Waals surface area contributed by atoms with Crippen LogP contribution in [0.4, 0.5) is 5.82 Å². The largest absolute Gasteiger partial charge is 0.352 e. The maximum Gasteiger partial charge on any atom is 0.236 e. The third kappa shape index (κ3) is 5.73. The van der Waals surface area contributed by atoms with E-state index in [0.29, 0.717) is 26.2 Å². The SMILES string of the molecule is O=C(CNCc1ccccc1)N1CCN(c2ccc(-c3ccc(-c4ccccc4)cc3)nn2)CC1. The van der Waals surface area contributed by atoms with Crippen LogP contribution >= 0.6 is 0 Å². The van der Waals surface area contributed by atoms with Crippen LogP contribution in [0.3, 0.4) is 0 Å². The van der Waals surface area contributed by atoms with Gasteiger partial charge in [-0.15, -0.1) is 10.2 Å². The van der Waals surface area contributed by atoms with Gasteiger partial charge in [-0.3, -0.25) is 4.79 Å². The maximum atomic E-state index is 12.6. The van der Waals surface area contributed by atoms with Crippen molar-refractivity contribution in [3.8, 4) is 22.4 Å². The Bertz CT molecular complexity index is 1220. The Morgan fingerprint density at radius 3 is 1.97 bits per heavy atom. The minimum atomic E-state index is 0.140. The lowest BCUT2D eigenvalue weighted by molar-refractivity contribution is -0.130. The fourth-order valence-electron chi connectivity index (χ4n) is 4.32. The summed E-state index contributed by atoms with van der Waals surface area (Å²) in [7, 11) is 0. The van der Waals surface area contributed by atoms with Crippen LogP contribution in [0.15, 0.2) is 97.1 Å². The maximum absolute atomic E-state index is 12.6. The minimum Gasteiger partial charge on any atom is -0.352 e. The topological polar surface area (TPSA) is 61.4 Å². The van der Waals surface area contributed by atoms with Crippen molar-refractivity contribution >= 4 is 11.7 Å². The van der Waals surface area contributed by atoms with Crippen LogP contribution in [-0.2, 0) is 11.3 Å². The van der Waals surface area contributed by atoms with Gasteiger partial charge in [-0.05, 0) is 28.8 Å². The number of amides is 1. The highest BCUT2D eigenvalue weighted by atomic mass is 16.2. The van der Waals surface area contributed by atoms with Gasteiger partial charge in [-0.25, -0.2) is 0 Å². The zero-order valence-corrected chi connectivity index (χ0v) is 19.7. The smallest absolute Gasteiger partial charge is 0.236 e. The first-order valence-electron chi connectivity index (χ1n) is 12.0. The van der Waals surface area contributed by atoms with E-state index in [1.165, 1.54) is 16.7 Å². The van der Waals surface area contributed by atoms with Crippen LogP contribution < -0.4 is 10.2 Å². The summed E-state index contributed by atoms with van der Waals surface area (Å²) in [5.41, 5.74) is 5.46. The molecule has 176 valence electrons. The predicted octanol–water partition coefficient (Wildman–Crippen LogP) is 4.25. The van der Waals surface area contributed by atoms with E-state index < -0.39 is 0 Å². The molecule has 0 radical (unpaired) electrons. The van der Waals surface area contributed by atoms with Crippen molar-refractivity contribution in [2.75, 3.05) is 37.6 Å². The third-order valence-electron chi connectivity index (χ3n) is 6.34. The zero-order valence-electron chi connectivity index (χ0n) is 19.7. The second-order valence-corrected chi connectivity index (χ2v) is 8.68. The lowest BCUT2D eigenvalue weighted by Crippen LogP contribution is -2.51. The van der Waals surface area contributed by atoms with Crippen LogP contribution in [0.2, 0.25) is 0 Å². The summed E-state index contributed by atoms with van der Waals surface area (Å²) in [6.45, 7) is 3.94. The molecule has 1 aliphatic rings. The van der Waals surface area contributed by atoms with Crippen molar-refractivity contribution in [1.82, 2.24) is 20.4 Å². The fourth-order valence-corrected chi connectivity index (χ4v) is 4.32. The van der Waals surface area contributed by atoms with Gasteiger partial charge in [-0.1, -0.05) is 84.9 Å². The number of rotatable bonds is 7. The van der Waals surface area contributed by atoms with E-state index in [9.17, 15) is 4.79 Å². The fraction of sp³-hybridized carbons (Fsp3) is 0.207. The standard InChI is InChI=1S/C29H29N5O/c35-29(22-30-21-23-7-3-1-4-8-23)34-19-17-33(18-20-34)28-16-15-27(31-32-28)26-13-11-25(12-14-26)24-9-5-2-6-10-24/h1-16,30H,17-22H2.